The maximum Gasteiger partial charge on any atom is 0.242 e. The zero-order chi connectivity index (χ0) is 15.0. The van der Waals surface area contributed by atoms with E-state index < -0.39 is 10.0 Å². The number of benzene rings is 1. The molecule has 0 aliphatic heterocycles. The number of hydrogen-bond donors (Lipinski definition) is 2. The van der Waals surface area contributed by atoms with E-state index in [-0.39, 0.29) is 0 Å². The third-order valence-corrected chi connectivity index (χ3v) is 6.89. The lowest BCUT2D eigenvalue weighted by molar-refractivity contribution is 0.574. The van der Waals surface area contributed by atoms with Gasteiger partial charge in [0.2, 0.25) is 10.0 Å². The molecule has 1 saturated carbocycles. The third kappa shape index (κ3) is 2.99. The molecule has 0 spiro atoms. The molecule has 1 heterocycles. The van der Waals surface area contributed by atoms with E-state index in [0.29, 0.717) is 29.8 Å². The summed E-state index contributed by atoms with van der Waals surface area (Å²) in [6, 6.07) is 7.69. The molecule has 1 aliphatic carbocycles. The maximum atomic E-state index is 12.7. The minimum absolute atomic E-state index is 0.450. The first kappa shape index (κ1) is 15.0. The lowest BCUT2D eigenvalue weighted by Crippen LogP contribution is -2.27. The molecule has 1 fully saturated rings. The number of thiophene rings is 1. The van der Waals surface area contributed by atoms with Gasteiger partial charge in [-0.3, -0.25) is 0 Å². The van der Waals surface area contributed by atoms with Gasteiger partial charge in [-0.2, -0.15) is 0 Å². The molecule has 2 atom stereocenters. The van der Waals surface area contributed by atoms with Crippen molar-refractivity contribution in [2.45, 2.75) is 24.8 Å². The Morgan fingerprint density at radius 1 is 1.33 bits per heavy atom. The second-order valence-corrected chi connectivity index (χ2v) is 8.55. The number of rotatable bonds is 6. The minimum atomic E-state index is -3.45. The molecule has 2 aromatic rings. The summed E-state index contributed by atoms with van der Waals surface area (Å²) in [5, 5.41) is 3.88. The van der Waals surface area contributed by atoms with Crippen LogP contribution in [-0.4, -0.2) is 22.0 Å². The normalized spacial score (nSPS) is 21.8. The summed E-state index contributed by atoms with van der Waals surface area (Å²) in [4.78, 5) is 1.32. The summed E-state index contributed by atoms with van der Waals surface area (Å²) in [6.07, 6.45) is 1.12. The highest BCUT2D eigenvalue weighted by Gasteiger charge is 2.34. The Bertz CT molecular complexity index is 752. The molecule has 21 heavy (non-hydrogen) atoms. The minimum Gasteiger partial charge on any atom is -0.315 e. The van der Waals surface area contributed by atoms with Gasteiger partial charge >= 0.3 is 0 Å². The highest BCUT2D eigenvalue weighted by Crippen LogP contribution is 2.38. The van der Waals surface area contributed by atoms with Gasteiger partial charge in [0, 0.05) is 28.1 Å². The number of fused-ring (bicyclic) bond motifs is 1. The Morgan fingerprint density at radius 2 is 2.05 bits per heavy atom. The molecule has 0 radical (unpaired) electrons. The first-order valence-electron chi connectivity index (χ1n) is 7.17. The van der Waals surface area contributed by atoms with Crippen LogP contribution in [0.15, 0.2) is 29.2 Å². The quantitative estimate of drug-likeness (QED) is 0.858. The second-order valence-electron chi connectivity index (χ2n) is 5.71. The van der Waals surface area contributed by atoms with E-state index in [0.717, 1.165) is 21.4 Å². The predicted octanol–water partition coefficient (Wildman–Crippen LogP) is 2.56. The van der Waals surface area contributed by atoms with Gasteiger partial charge in [0.1, 0.15) is 4.90 Å². The predicted molar refractivity (Wildman–Crippen MR) is 87.0 cm³/mol. The molecule has 0 amide bonds. The summed E-state index contributed by atoms with van der Waals surface area (Å²) in [5.41, 5.74) is 0. The van der Waals surface area contributed by atoms with Crippen LogP contribution >= 0.6 is 11.3 Å². The van der Waals surface area contributed by atoms with Gasteiger partial charge in [-0.25, -0.2) is 13.1 Å². The monoisotopic (exact) mass is 324 g/mol. The van der Waals surface area contributed by atoms with Crippen LogP contribution < -0.4 is 10.0 Å². The summed E-state index contributed by atoms with van der Waals surface area (Å²) < 4.78 is 29.2. The molecule has 4 nitrogen and oxygen atoms in total. The molecule has 3 rings (SSSR count). The Kier molecular flexibility index (Phi) is 4.05. The van der Waals surface area contributed by atoms with Crippen LogP contribution in [0.3, 0.4) is 0 Å². The van der Waals surface area contributed by atoms with Crippen molar-refractivity contribution in [3.63, 3.8) is 0 Å². The zero-order valence-electron chi connectivity index (χ0n) is 12.2. The van der Waals surface area contributed by atoms with Gasteiger partial charge in [0.25, 0.3) is 0 Å². The van der Waals surface area contributed by atoms with Crippen LogP contribution in [0.1, 0.15) is 18.2 Å². The van der Waals surface area contributed by atoms with Crippen molar-refractivity contribution in [2.24, 2.45) is 11.8 Å². The van der Waals surface area contributed by atoms with Crippen molar-refractivity contribution in [2.75, 3.05) is 13.6 Å². The van der Waals surface area contributed by atoms with Gasteiger partial charge in [-0.05, 0) is 31.4 Å². The zero-order valence-corrected chi connectivity index (χ0v) is 13.9. The number of nitrogens with one attached hydrogen (secondary N) is 2. The van der Waals surface area contributed by atoms with Crippen molar-refractivity contribution in [3.8, 4) is 0 Å². The molecular formula is C15H20N2O2S2. The standard InChI is InChI=1S/C15H20N2O2S2/c1-10-7-11(10)8-17-21(18,19)15-12-5-3-4-6-13(12)20-14(15)9-16-2/h3-6,10-11,16-17H,7-9H2,1-2H3. The van der Waals surface area contributed by atoms with Crippen molar-refractivity contribution in [1.82, 2.24) is 10.0 Å². The van der Waals surface area contributed by atoms with Gasteiger partial charge < -0.3 is 5.32 Å². The fraction of sp³-hybridized carbons (Fsp3) is 0.467. The lowest BCUT2D eigenvalue weighted by atomic mass is 10.2. The van der Waals surface area contributed by atoms with Crippen LogP contribution in [0.5, 0.6) is 0 Å². The van der Waals surface area contributed by atoms with Crippen LogP contribution in [0.4, 0.5) is 0 Å². The Morgan fingerprint density at radius 3 is 2.71 bits per heavy atom. The molecule has 0 bridgehead atoms. The second kappa shape index (κ2) is 5.68. The van der Waals surface area contributed by atoms with Gasteiger partial charge in [-0.1, -0.05) is 25.1 Å². The highest BCUT2D eigenvalue weighted by molar-refractivity contribution is 7.90. The van der Waals surface area contributed by atoms with Gasteiger partial charge in [0.05, 0.1) is 0 Å². The van der Waals surface area contributed by atoms with Crippen molar-refractivity contribution < 1.29 is 8.42 Å². The average Bonchev–Trinajstić information content (AvgIpc) is 3.02. The van der Waals surface area contributed by atoms with Crippen molar-refractivity contribution >= 4 is 31.4 Å². The summed E-state index contributed by atoms with van der Waals surface area (Å²) in [5.74, 6) is 1.14. The Hall–Kier alpha value is -0.950. The van der Waals surface area contributed by atoms with E-state index in [1.165, 1.54) is 0 Å². The highest BCUT2D eigenvalue weighted by atomic mass is 32.2. The average molecular weight is 324 g/mol. The molecule has 6 heteroatoms. The molecule has 114 valence electrons. The largest absolute Gasteiger partial charge is 0.315 e. The topological polar surface area (TPSA) is 58.2 Å². The van der Waals surface area contributed by atoms with Gasteiger partial charge in [0.15, 0.2) is 0 Å². The number of hydrogen-bond acceptors (Lipinski definition) is 4. The van der Waals surface area contributed by atoms with Crippen molar-refractivity contribution in [3.05, 3.63) is 29.1 Å². The van der Waals surface area contributed by atoms with Crippen LogP contribution in [0.25, 0.3) is 10.1 Å². The van der Waals surface area contributed by atoms with E-state index in [9.17, 15) is 8.42 Å². The first-order valence-corrected chi connectivity index (χ1v) is 9.47. The first-order chi connectivity index (χ1) is 10.0. The van der Waals surface area contributed by atoms with E-state index in [1.54, 1.807) is 11.3 Å². The Labute approximate surface area is 129 Å². The van der Waals surface area contributed by atoms with Crippen LogP contribution in [0.2, 0.25) is 0 Å². The third-order valence-electron chi connectivity index (χ3n) is 4.04. The van der Waals surface area contributed by atoms with Crippen molar-refractivity contribution in [1.29, 1.82) is 0 Å². The fourth-order valence-electron chi connectivity index (χ4n) is 2.62. The molecule has 1 aliphatic rings. The van der Waals surface area contributed by atoms with Crippen LogP contribution in [0, 0.1) is 11.8 Å². The van der Waals surface area contributed by atoms with E-state index in [4.69, 9.17) is 0 Å². The fourth-order valence-corrected chi connectivity index (χ4v) is 5.66. The Balaban J connectivity index is 1.98. The van der Waals surface area contributed by atoms with Gasteiger partial charge in [-0.15, -0.1) is 11.3 Å². The molecule has 2 N–H and O–H groups in total. The molecular weight excluding hydrogens is 304 g/mol. The summed E-state index contributed by atoms with van der Waals surface area (Å²) in [6.45, 7) is 3.27. The van der Waals surface area contributed by atoms with E-state index in [2.05, 4.69) is 17.0 Å². The number of sulfonamides is 1. The molecule has 1 aromatic heterocycles. The van der Waals surface area contributed by atoms with Crippen LogP contribution in [-0.2, 0) is 16.6 Å². The van der Waals surface area contributed by atoms with E-state index >= 15 is 0 Å². The summed E-state index contributed by atoms with van der Waals surface area (Å²) in [7, 11) is -1.62. The molecule has 0 saturated heterocycles. The van der Waals surface area contributed by atoms with E-state index in [1.807, 2.05) is 31.3 Å². The summed E-state index contributed by atoms with van der Waals surface area (Å²) >= 11 is 1.54. The SMILES string of the molecule is CNCc1sc2ccccc2c1S(=O)(=O)NCC1CC1C. The maximum absolute atomic E-state index is 12.7. The molecule has 1 aromatic carbocycles. The lowest BCUT2D eigenvalue weighted by Gasteiger charge is -2.08. The smallest absolute Gasteiger partial charge is 0.242 e. The molecule has 2 unspecified atom stereocenters.